The first-order chi connectivity index (χ1) is 11.1. The fraction of sp³-hybridized carbons (Fsp3) is 0.294. The number of furan rings is 1. The van der Waals surface area contributed by atoms with Crippen molar-refractivity contribution in [3.63, 3.8) is 0 Å². The van der Waals surface area contributed by atoms with E-state index in [0.29, 0.717) is 11.5 Å². The molecule has 0 saturated heterocycles. The van der Waals surface area contributed by atoms with Gasteiger partial charge in [0.05, 0.1) is 18.9 Å². The predicted molar refractivity (Wildman–Crippen MR) is 84.6 cm³/mol. The summed E-state index contributed by atoms with van der Waals surface area (Å²) in [4.78, 5) is 23.5. The Morgan fingerprint density at radius 2 is 1.74 bits per heavy atom. The molecule has 0 aliphatic heterocycles. The van der Waals surface area contributed by atoms with E-state index in [1.165, 1.54) is 6.26 Å². The third-order valence-corrected chi connectivity index (χ3v) is 2.98. The van der Waals surface area contributed by atoms with E-state index >= 15 is 0 Å². The summed E-state index contributed by atoms with van der Waals surface area (Å²) in [7, 11) is 0. The van der Waals surface area contributed by atoms with Crippen LogP contribution in [0.1, 0.15) is 25.2 Å². The lowest BCUT2D eigenvalue weighted by Crippen LogP contribution is -2.39. The van der Waals surface area contributed by atoms with Crippen LogP contribution in [0.5, 0.6) is 5.75 Å². The maximum atomic E-state index is 11.8. The summed E-state index contributed by atoms with van der Waals surface area (Å²) in [6.07, 6.45) is 1.54. The van der Waals surface area contributed by atoms with Gasteiger partial charge >= 0.3 is 11.8 Å². The Hall–Kier alpha value is -2.76. The summed E-state index contributed by atoms with van der Waals surface area (Å²) < 4.78 is 10.8. The number of hydrogen-bond donors (Lipinski definition) is 2. The Kier molecular flexibility index (Phi) is 5.80. The fourth-order valence-corrected chi connectivity index (χ4v) is 1.94. The van der Waals surface area contributed by atoms with Gasteiger partial charge in [-0.15, -0.1) is 0 Å². The van der Waals surface area contributed by atoms with Crippen LogP contribution in [0.4, 0.5) is 0 Å². The van der Waals surface area contributed by atoms with E-state index < -0.39 is 11.8 Å². The molecule has 0 spiro atoms. The van der Waals surface area contributed by atoms with Crippen LogP contribution in [0, 0.1) is 0 Å². The molecule has 6 nitrogen and oxygen atoms in total. The molecule has 0 saturated carbocycles. The average Bonchev–Trinajstić information content (AvgIpc) is 3.04. The van der Waals surface area contributed by atoms with Crippen molar-refractivity contribution in [2.75, 3.05) is 0 Å². The van der Waals surface area contributed by atoms with Crippen LogP contribution in [0.3, 0.4) is 0 Å². The number of hydrogen-bond acceptors (Lipinski definition) is 4. The number of rotatable bonds is 6. The maximum absolute atomic E-state index is 11.8. The van der Waals surface area contributed by atoms with E-state index in [9.17, 15) is 9.59 Å². The summed E-state index contributed by atoms with van der Waals surface area (Å²) in [5, 5.41) is 5.07. The maximum Gasteiger partial charge on any atom is 0.309 e. The molecule has 6 heteroatoms. The molecule has 23 heavy (non-hydrogen) atoms. The third kappa shape index (κ3) is 5.18. The summed E-state index contributed by atoms with van der Waals surface area (Å²) in [5.41, 5.74) is 0.813. The SMILES string of the molecule is CC(C)Oc1ccccc1CNC(=O)C(=O)NCc1ccco1. The van der Waals surface area contributed by atoms with Gasteiger partial charge in [0.15, 0.2) is 0 Å². The number of nitrogens with one attached hydrogen (secondary N) is 2. The highest BCUT2D eigenvalue weighted by Gasteiger charge is 2.14. The normalized spacial score (nSPS) is 10.4. The molecule has 0 unspecified atom stereocenters. The van der Waals surface area contributed by atoms with E-state index in [2.05, 4.69) is 10.6 Å². The van der Waals surface area contributed by atoms with Crippen LogP contribution >= 0.6 is 0 Å². The van der Waals surface area contributed by atoms with Gasteiger partial charge in [0.2, 0.25) is 0 Å². The van der Waals surface area contributed by atoms with Crippen molar-refractivity contribution in [2.24, 2.45) is 0 Å². The van der Waals surface area contributed by atoms with Crippen LogP contribution in [0.2, 0.25) is 0 Å². The lowest BCUT2D eigenvalue weighted by atomic mass is 10.2. The van der Waals surface area contributed by atoms with E-state index in [4.69, 9.17) is 9.15 Å². The van der Waals surface area contributed by atoms with Gasteiger partial charge in [-0.25, -0.2) is 0 Å². The van der Waals surface area contributed by atoms with Crippen molar-refractivity contribution in [1.82, 2.24) is 10.6 Å². The minimum Gasteiger partial charge on any atom is -0.491 e. The molecule has 0 radical (unpaired) electrons. The molecule has 0 bridgehead atoms. The lowest BCUT2D eigenvalue weighted by Gasteiger charge is -2.14. The molecule has 2 aromatic rings. The molecule has 0 atom stereocenters. The molecule has 1 heterocycles. The van der Waals surface area contributed by atoms with Crippen molar-refractivity contribution in [3.05, 3.63) is 54.0 Å². The highest BCUT2D eigenvalue weighted by molar-refractivity contribution is 6.35. The van der Waals surface area contributed by atoms with Crippen LogP contribution in [-0.4, -0.2) is 17.9 Å². The number of para-hydroxylation sites is 1. The predicted octanol–water partition coefficient (Wildman–Crippen LogP) is 2.00. The van der Waals surface area contributed by atoms with Crippen LogP contribution in [0.15, 0.2) is 47.1 Å². The summed E-state index contributed by atoms with van der Waals surface area (Å²) in [6, 6.07) is 10.8. The first-order valence-electron chi connectivity index (χ1n) is 7.39. The van der Waals surface area contributed by atoms with E-state index in [0.717, 1.165) is 5.56 Å². The first kappa shape index (κ1) is 16.6. The summed E-state index contributed by atoms with van der Waals surface area (Å²) in [6.45, 7) is 4.25. The minimum absolute atomic E-state index is 0.0310. The largest absolute Gasteiger partial charge is 0.491 e. The average molecular weight is 316 g/mol. The molecule has 122 valence electrons. The Morgan fingerprint density at radius 3 is 2.39 bits per heavy atom. The third-order valence-electron chi connectivity index (χ3n) is 2.98. The summed E-state index contributed by atoms with van der Waals surface area (Å²) >= 11 is 0. The van der Waals surface area contributed by atoms with Gasteiger partial charge in [0, 0.05) is 12.1 Å². The van der Waals surface area contributed by atoms with Crippen molar-refractivity contribution in [3.8, 4) is 5.75 Å². The number of benzene rings is 1. The zero-order valence-corrected chi connectivity index (χ0v) is 13.2. The Morgan fingerprint density at radius 1 is 1.04 bits per heavy atom. The van der Waals surface area contributed by atoms with Crippen molar-refractivity contribution < 1.29 is 18.7 Å². The highest BCUT2D eigenvalue weighted by Crippen LogP contribution is 2.18. The summed E-state index contributed by atoms with van der Waals surface area (Å²) in [5.74, 6) is -0.125. The van der Waals surface area contributed by atoms with Gasteiger partial charge in [-0.05, 0) is 32.0 Å². The minimum atomic E-state index is -0.705. The standard InChI is InChI=1S/C17H20N2O4/c1-12(2)23-15-8-4-3-6-13(15)10-18-16(20)17(21)19-11-14-7-5-9-22-14/h3-9,12H,10-11H2,1-2H3,(H,18,20)(H,19,21). The molecule has 2 rings (SSSR count). The van der Waals surface area contributed by atoms with Gasteiger partial charge in [-0.3, -0.25) is 9.59 Å². The monoisotopic (exact) mass is 316 g/mol. The van der Waals surface area contributed by atoms with Gasteiger partial charge < -0.3 is 19.8 Å². The first-order valence-corrected chi connectivity index (χ1v) is 7.39. The Bertz CT molecular complexity index is 650. The van der Waals surface area contributed by atoms with Gasteiger partial charge in [-0.2, -0.15) is 0 Å². The zero-order chi connectivity index (χ0) is 16.7. The van der Waals surface area contributed by atoms with Crippen molar-refractivity contribution in [1.29, 1.82) is 0 Å². The van der Waals surface area contributed by atoms with Crippen molar-refractivity contribution in [2.45, 2.75) is 33.0 Å². The van der Waals surface area contributed by atoms with Crippen LogP contribution < -0.4 is 15.4 Å². The Labute approximate surface area is 134 Å². The molecular weight excluding hydrogens is 296 g/mol. The van der Waals surface area contributed by atoms with E-state index in [1.807, 2.05) is 38.1 Å². The Balaban J connectivity index is 1.85. The molecule has 0 fully saturated rings. The number of carbonyl (C=O) groups excluding carboxylic acids is 2. The quantitative estimate of drug-likeness (QED) is 0.799. The molecule has 1 aromatic carbocycles. The number of amides is 2. The molecule has 2 amide bonds. The second kappa shape index (κ2) is 8.03. The van der Waals surface area contributed by atoms with Crippen LogP contribution in [-0.2, 0) is 22.7 Å². The molecule has 1 aromatic heterocycles. The van der Waals surface area contributed by atoms with Gasteiger partial charge in [0.1, 0.15) is 11.5 Å². The van der Waals surface area contributed by atoms with E-state index in [1.54, 1.807) is 12.1 Å². The zero-order valence-electron chi connectivity index (χ0n) is 13.2. The smallest absolute Gasteiger partial charge is 0.309 e. The van der Waals surface area contributed by atoms with Crippen LogP contribution in [0.25, 0.3) is 0 Å². The number of carbonyl (C=O) groups is 2. The second-order valence-electron chi connectivity index (χ2n) is 5.22. The highest BCUT2D eigenvalue weighted by atomic mass is 16.5. The lowest BCUT2D eigenvalue weighted by molar-refractivity contribution is -0.139. The molecule has 0 aliphatic carbocycles. The van der Waals surface area contributed by atoms with Gasteiger partial charge in [0.25, 0.3) is 0 Å². The number of ether oxygens (including phenoxy) is 1. The molecule has 2 N–H and O–H groups in total. The van der Waals surface area contributed by atoms with Gasteiger partial charge in [-0.1, -0.05) is 18.2 Å². The van der Waals surface area contributed by atoms with E-state index in [-0.39, 0.29) is 19.2 Å². The fourth-order valence-electron chi connectivity index (χ4n) is 1.94. The molecular formula is C17H20N2O4. The molecule has 0 aliphatic rings. The second-order valence-corrected chi connectivity index (χ2v) is 5.22. The van der Waals surface area contributed by atoms with Crippen molar-refractivity contribution >= 4 is 11.8 Å². The topological polar surface area (TPSA) is 80.6 Å².